The number of benzene rings is 7. The summed E-state index contributed by atoms with van der Waals surface area (Å²) < 4.78 is 11.0. The molecule has 4 aromatic heterocycles. The van der Waals surface area contributed by atoms with Crippen LogP contribution in [0.4, 0.5) is 0 Å². The number of hydrogen-bond acceptors (Lipinski definition) is 3. The van der Waals surface area contributed by atoms with E-state index in [4.69, 9.17) is 4.42 Å². The van der Waals surface area contributed by atoms with Crippen LogP contribution in [0, 0.1) is 0 Å². The number of rotatable bonds is 4. The smallest absolute Gasteiger partial charge is 0.180 e. The third-order valence-corrected chi connectivity index (χ3v) is 10.2. The Morgan fingerprint density at radius 2 is 0.902 bits per heavy atom. The van der Waals surface area contributed by atoms with Gasteiger partial charge in [-0.1, -0.05) is 91.0 Å². The summed E-state index contributed by atoms with van der Waals surface area (Å²) in [6, 6.07) is 58.3. The molecule has 51 heavy (non-hydrogen) atoms. The third-order valence-electron chi connectivity index (χ3n) is 10.2. The minimum atomic E-state index is 0.707. The van der Waals surface area contributed by atoms with Gasteiger partial charge < -0.3 is 13.6 Å². The molecule has 0 N–H and O–H groups in total. The highest BCUT2D eigenvalue weighted by molar-refractivity contribution is 6.13. The van der Waals surface area contributed by atoms with Crippen molar-refractivity contribution in [1.82, 2.24) is 19.1 Å². The maximum absolute atomic E-state index is 6.24. The molecule has 0 aliphatic carbocycles. The van der Waals surface area contributed by atoms with Crippen LogP contribution >= 0.6 is 0 Å². The van der Waals surface area contributed by atoms with Crippen LogP contribution in [0.3, 0.4) is 0 Å². The third kappa shape index (κ3) is 4.15. The average molecular weight is 653 g/mol. The number of fused-ring (bicyclic) bond motifs is 9. The average Bonchev–Trinajstić information content (AvgIpc) is 3.86. The van der Waals surface area contributed by atoms with E-state index in [-0.39, 0.29) is 0 Å². The van der Waals surface area contributed by atoms with Crippen molar-refractivity contribution in [2.24, 2.45) is 0 Å². The van der Waals surface area contributed by atoms with Gasteiger partial charge in [0.2, 0.25) is 0 Å². The summed E-state index contributed by atoms with van der Waals surface area (Å²) in [5, 5.41) is 5.94. The highest BCUT2D eigenvalue weighted by Gasteiger charge is 2.18. The van der Waals surface area contributed by atoms with Crippen molar-refractivity contribution in [2.75, 3.05) is 0 Å². The van der Waals surface area contributed by atoms with Gasteiger partial charge in [-0.25, -0.2) is 9.97 Å². The molecule has 0 unspecified atom stereocenters. The fourth-order valence-corrected chi connectivity index (χ4v) is 7.94. The van der Waals surface area contributed by atoms with Gasteiger partial charge in [-0.3, -0.25) is 0 Å². The number of hydrogen-bond donors (Lipinski definition) is 0. The Labute approximate surface area is 292 Å². The molecule has 0 atom stereocenters. The number of nitrogens with zero attached hydrogens (tertiary/aromatic N) is 4. The molecule has 238 valence electrons. The van der Waals surface area contributed by atoms with Crippen LogP contribution in [0.5, 0.6) is 0 Å². The molecule has 0 aliphatic rings. The molecule has 0 fully saturated rings. The molecule has 5 heteroatoms. The lowest BCUT2D eigenvalue weighted by atomic mass is 10.0. The minimum Gasteiger partial charge on any atom is -0.452 e. The maximum atomic E-state index is 6.24. The zero-order valence-electron chi connectivity index (χ0n) is 27.4. The lowest BCUT2D eigenvalue weighted by molar-refractivity contribution is 0.667. The van der Waals surface area contributed by atoms with Gasteiger partial charge in [0, 0.05) is 43.9 Å². The van der Waals surface area contributed by atoms with E-state index in [0.29, 0.717) is 5.58 Å². The van der Waals surface area contributed by atoms with Crippen molar-refractivity contribution in [1.29, 1.82) is 0 Å². The Balaban J connectivity index is 1.04. The van der Waals surface area contributed by atoms with Gasteiger partial charge in [0.1, 0.15) is 23.1 Å². The summed E-state index contributed by atoms with van der Waals surface area (Å²) in [6.07, 6.45) is 1.62. The normalized spacial score (nSPS) is 11.9. The van der Waals surface area contributed by atoms with E-state index < -0.39 is 0 Å². The Hall–Kier alpha value is -6.98. The second kappa shape index (κ2) is 10.8. The van der Waals surface area contributed by atoms with Crippen molar-refractivity contribution in [3.63, 3.8) is 0 Å². The van der Waals surface area contributed by atoms with Gasteiger partial charge in [-0.05, 0) is 83.9 Å². The van der Waals surface area contributed by atoms with Crippen LogP contribution in [0.2, 0.25) is 0 Å². The van der Waals surface area contributed by atoms with Gasteiger partial charge in [0.15, 0.2) is 5.58 Å². The Morgan fingerprint density at radius 1 is 0.392 bits per heavy atom. The molecule has 11 aromatic rings. The first kappa shape index (κ1) is 27.9. The van der Waals surface area contributed by atoms with Crippen LogP contribution < -0.4 is 0 Å². The number of furan rings is 1. The summed E-state index contributed by atoms with van der Waals surface area (Å²) >= 11 is 0. The summed E-state index contributed by atoms with van der Waals surface area (Å²) in [6.45, 7) is 0. The number of para-hydroxylation sites is 4. The van der Waals surface area contributed by atoms with Crippen molar-refractivity contribution >= 4 is 65.7 Å². The largest absolute Gasteiger partial charge is 0.452 e. The Kier molecular flexibility index (Phi) is 5.89. The lowest BCUT2D eigenvalue weighted by Gasteiger charge is -2.10. The maximum Gasteiger partial charge on any atom is 0.180 e. The first-order chi connectivity index (χ1) is 25.3. The van der Waals surface area contributed by atoms with Crippen molar-refractivity contribution < 1.29 is 4.42 Å². The van der Waals surface area contributed by atoms with Gasteiger partial charge in [0.25, 0.3) is 0 Å². The van der Waals surface area contributed by atoms with Crippen LogP contribution in [0.15, 0.2) is 175 Å². The zero-order chi connectivity index (χ0) is 33.5. The molecular formula is C46H28N4O. The van der Waals surface area contributed by atoms with E-state index in [1.165, 1.54) is 54.9 Å². The zero-order valence-corrected chi connectivity index (χ0v) is 27.4. The van der Waals surface area contributed by atoms with Gasteiger partial charge in [-0.15, -0.1) is 0 Å². The Morgan fingerprint density at radius 3 is 1.55 bits per heavy atom. The number of aromatic nitrogens is 4. The predicted octanol–water partition coefficient (Wildman–Crippen LogP) is 11.9. The van der Waals surface area contributed by atoms with Crippen LogP contribution in [0.25, 0.3) is 99.4 Å². The first-order valence-electron chi connectivity index (χ1n) is 17.2. The van der Waals surface area contributed by atoms with E-state index in [1.54, 1.807) is 6.33 Å². The van der Waals surface area contributed by atoms with Gasteiger partial charge >= 0.3 is 0 Å². The van der Waals surface area contributed by atoms with Gasteiger partial charge in [0.05, 0.1) is 22.1 Å². The minimum absolute atomic E-state index is 0.707. The molecule has 0 aliphatic heterocycles. The molecule has 0 bridgehead atoms. The van der Waals surface area contributed by atoms with E-state index >= 15 is 0 Å². The summed E-state index contributed by atoms with van der Waals surface area (Å²) in [7, 11) is 0. The van der Waals surface area contributed by atoms with Crippen molar-refractivity contribution in [2.45, 2.75) is 0 Å². The second-order valence-electron chi connectivity index (χ2n) is 13.0. The molecular weight excluding hydrogens is 625 g/mol. The fraction of sp³-hybridized carbons (Fsp3) is 0. The quantitative estimate of drug-likeness (QED) is 0.190. The molecule has 11 rings (SSSR count). The van der Waals surface area contributed by atoms with Crippen molar-refractivity contribution in [3.05, 3.63) is 170 Å². The highest BCUT2D eigenvalue weighted by Crippen LogP contribution is 2.39. The summed E-state index contributed by atoms with van der Waals surface area (Å²) in [5.74, 6) is 0. The van der Waals surface area contributed by atoms with E-state index in [9.17, 15) is 0 Å². The summed E-state index contributed by atoms with van der Waals surface area (Å²) in [4.78, 5) is 9.19. The monoisotopic (exact) mass is 652 g/mol. The van der Waals surface area contributed by atoms with Crippen LogP contribution in [0.1, 0.15) is 0 Å². The molecule has 0 amide bonds. The Bertz CT molecular complexity index is 3130. The molecule has 0 saturated heterocycles. The highest BCUT2D eigenvalue weighted by atomic mass is 16.3. The molecule has 0 saturated carbocycles. The standard InChI is InChI=1S/C46H28N4O/c1-2-10-32(11-3-1)49-39-15-7-4-12-34(39)37-26-30(20-24-41(37)49)31-21-25-42-38(27-31)35-13-5-8-16-40(35)50(42)33-22-18-29(19-23-33)44-46-45(48-28-47-44)36-14-6-9-17-43(36)51-46/h1-28H. The van der Waals surface area contributed by atoms with Gasteiger partial charge in [-0.2, -0.15) is 0 Å². The second-order valence-corrected chi connectivity index (χ2v) is 13.0. The molecule has 0 radical (unpaired) electrons. The molecule has 4 heterocycles. The predicted molar refractivity (Wildman–Crippen MR) is 209 cm³/mol. The fourth-order valence-electron chi connectivity index (χ4n) is 7.94. The van der Waals surface area contributed by atoms with Crippen LogP contribution in [-0.4, -0.2) is 19.1 Å². The van der Waals surface area contributed by atoms with E-state index in [1.807, 2.05) is 24.3 Å². The molecule has 7 aromatic carbocycles. The SMILES string of the molecule is c1ccc(-n2c3ccccc3c3cc(-c4ccc5c(c4)c4ccccc4n5-c4ccc(-c5ncnc6c5oc5ccccc56)cc4)ccc32)cc1. The topological polar surface area (TPSA) is 48.8 Å². The van der Waals surface area contributed by atoms with E-state index in [0.717, 1.165) is 38.9 Å². The summed E-state index contributed by atoms with van der Waals surface area (Å²) in [5.41, 5.74) is 13.5. The lowest BCUT2D eigenvalue weighted by Crippen LogP contribution is -1.94. The van der Waals surface area contributed by atoms with Crippen LogP contribution in [-0.2, 0) is 0 Å². The first-order valence-corrected chi connectivity index (χ1v) is 17.2. The molecule has 0 spiro atoms. The van der Waals surface area contributed by atoms with Crippen molar-refractivity contribution in [3.8, 4) is 33.8 Å². The van der Waals surface area contributed by atoms with E-state index in [2.05, 4.69) is 159 Å². The molecule has 5 nitrogen and oxygen atoms in total.